The van der Waals surface area contributed by atoms with Gasteiger partial charge in [0, 0.05) is 30.7 Å². The SMILES string of the molecule is COc1ccc(CO[C@@H]2C(N=[N+]=[N-])[C@H](Sc3ccccc3)OC3COC(c4ccccc4)O[C@H]32)cc1.[N-]=[N+]=NC1[C@@H](O)[C@@H]2OC(c3ccccc3)OCC2O[C@H]1Sc1ccccc1. The lowest BCUT2D eigenvalue weighted by atomic mass is 9.97. The van der Waals surface area contributed by atoms with E-state index < -0.39 is 66.1 Å². The second-order valence-electron chi connectivity index (χ2n) is 14.8. The van der Waals surface area contributed by atoms with Gasteiger partial charge in [-0.3, -0.25) is 0 Å². The minimum Gasteiger partial charge on any atom is -0.497 e. The van der Waals surface area contributed by atoms with Gasteiger partial charge in [-0.25, -0.2) is 0 Å². The fourth-order valence-corrected chi connectivity index (χ4v) is 9.89. The normalized spacial score (nSPS) is 29.8. The first kappa shape index (κ1) is 44.5. The maximum atomic E-state index is 10.9. The van der Waals surface area contributed by atoms with Crippen LogP contribution in [-0.2, 0) is 39.8 Å². The van der Waals surface area contributed by atoms with Crippen molar-refractivity contribution in [3.05, 3.63) is 183 Å². The van der Waals surface area contributed by atoms with Crippen molar-refractivity contribution in [1.29, 1.82) is 0 Å². The van der Waals surface area contributed by atoms with Crippen molar-refractivity contribution in [2.45, 2.75) is 88.6 Å². The number of aliphatic hydroxyl groups is 1. The summed E-state index contributed by atoms with van der Waals surface area (Å²) >= 11 is 2.91. The summed E-state index contributed by atoms with van der Waals surface area (Å²) in [4.78, 5) is 8.01. The van der Waals surface area contributed by atoms with Gasteiger partial charge in [-0.05, 0) is 53.0 Å². The number of rotatable bonds is 12. The Morgan fingerprint density at radius 1 is 0.603 bits per heavy atom. The highest BCUT2D eigenvalue weighted by atomic mass is 32.2. The minimum atomic E-state index is -0.990. The van der Waals surface area contributed by atoms with Crippen LogP contribution in [0.15, 0.2) is 166 Å². The number of hydrogen-bond donors (Lipinski definition) is 1. The fraction of sp³-hybridized carbons (Fsp3) is 0.348. The third-order valence-electron chi connectivity index (χ3n) is 10.7. The lowest BCUT2D eigenvalue weighted by molar-refractivity contribution is -0.311. The molecule has 0 bridgehead atoms. The molecule has 6 unspecified atom stereocenters. The van der Waals surface area contributed by atoms with Gasteiger partial charge >= 0.3 is 0 Å². The van der Waals surface area contributed by atoms with E-state index in [2.05, 4.69) is 20.1 Å². The molecule has 0 aromatic heterocycles. The molecule has 5 aromatic rings. The molecule has 4 aliphatic heterocycles. The lowest BCUT2D eigenvalue weighted by Gasteiger charge is -2.48. The van der Waals surface area contributed by atoms with Gasteiger partial charge in [0.15, 0.2) is 12.6 Å². The van der Waals surface area contributed by atoms with E-state index in [1.54, 1.807) is 7.11 Å². The average Bonchev–Trinajstić information content (AvgIpc) is 3.34. The predicted octanol–water partition coefficient (Wildman–Crippen LogP) is 9.55. The molecule has 1 N–H and O–H groups in total. The van der Waals surface area contributed by atoms with Crippen molar-refractivity contribution in [2.24, 2.45) is 10.2 Å². The summed E-state index contributed by atoms with van der Waals surface area (Å²) in [6, 6.07) is 45.1. The van der Waals surface area contributed by atoms with E-state index in [0.29, 0.717) is 13.2 Å². The van der Waals surface area contributed by atoms with E-state index >= 15 is 0 Å². The topological polar surface area (TPSA) is 192 Å². The molecule has 0 aliphatic carbocycles. The Labute approximate surface area is 373 Å². The molecule has 0 saturated carbocycles. The summed E-state index contributed by atoms with van der Waals surface area (Å²) in [5.41, 5.74) is 20.2. The third-order valence-corrected chi connectivity index (χ3v) is 13.1. The summed E-state index contributed by atoms with van der Waals surface area (Å²) in [5, 5.41) is 18.8. The molecule has 4 fully saturated rings. The largest absolute Gasteiger partial charge is 0.497 e. The number of azide groups is 2. The van der Waals surface area contributed by atoms with Gasteiger partial charge in [-0.1, -0.05) is 143 Å². The third kappa shape index (κ3) is 11.2. The van der Waals surface area contributed by atoms with Crippen molar-refractivity contribution >= 4 is 23.5 Å². The van der Waals surface area contributed by atoms with Crippen molar-refractivity contribution in [3.63, 3.8) is 0 Å². The van der Waals surface area contributed by atoms with Gasteiger partial charge in [0.1, 0.15) is 53.1 Å². The first-order valence-corrected chi connectivity index (χ1v) is 22.2. The zero-order chi connectivity index (χ0) is 43.4. The summed E-state index contributed by atoms with van der Waals surface area (Å²) in [6.45, 7) is 0.940. The van der Waals surface area contributed by atoms with E-state index in [-0.39, 0.29) is 12.7 Å². The highest BCUT2D eigenvalue weighted by Gasteiger charge is 2.51. The first-order chi connectivity index (χ1) is 31.0. The number of fused-ring (bicyclic) bond motifs is 2. The number of hydrogen-bond acceptors (Lipinski definition) is 13. The van der Waals surface area contributed by atoms with Gasteiger partial charge in [0.2, 0.25) is 0 Å². The van der Waals surface area contributed by atoms with Gasteiger partial charge in [-0.15, -0.1) is 0 Å². The van der Waals surface area contributed by atoms with Crippen LogP contribution >= 0.6 is 23.5 Å². The van der Waals surface area contributed by atoms with Gasteiger partial charge in [0.05, 0.1) is 39.1 Å². The molecule has 4 heterocycles. The van der Waals surface area contributed by atoms with Crippen LogP contribution in [0, 0.1) is 0 Å². The Hall–Kier alpha value is -5.10. The van der Waals surface area contributed by atoms with E-state index in [4.69, 9.17) is 43.4 Å². The van der Waals surface area contributed by atoms with Crippen molar-refractivity contribution in [1.82, 2.24) is 0 Å². The van der Waals surface area contributed by atoms with Crippen LogP contribution in [0.1, 0.15) is 29.3 Å². The molecular weight excluding hydrogens is 845 g/mol. The maximum absolute atomic E-state index is 10.9. The van der Waals surface area contributed by atoms with Crippen LogP contribution in [0.2, 0.25) is 0 Å². The quantitative estimate of drug-likeness (QED) is 0.0713. The monoisotopic (exact) mass is 890 g/mol. The molecule has 15 nitrogen and oxygen atoms in total. The Morgan fingerprint density at radius 3 is 1.57 bits per heavy atom. The standard InChI is InChI=1S/C27H27N3O5S.C19H19N3O4S/c1-31-20-14-12-18(13-15-20)16-32-25-23(29-30-28)27(36-21-10-6-3-7-11-21)34-22-17-33-26(35-24(22)25)19-8-4-2-5-9-19;20-22-21-15-16(23)17-14(25-19(15)27-13-9-5-2-6-10-13)11-24-18(26-17)12-7-3-1-4-8-12/h2-15,22-27H,16-17H2,1H3;1-10,14-19,23H,11H2/t22?,23?,24-,25-,26?,27+;14?,15?,16-,17-,18?,19+/m11/s1. The lowest BCUT2D eigenvalue weighted by Crippen LogP contribution is -2.61. The second kappa shape index (κ2) is 22.0. The van der Waals surface area contributed by atoms with E-state index in [1.165, 1.54) is 23.5 Å². The molecule has 63 heavy (non-hydrogen) atoms. The molecule has 17 heteroatoms. The van der Waals surface area contributed by atoms with Crippen LogP contribution in [0.4, 0.5) is 0 Å². The Kier molecular flexibility index (Phi) is 15.5. The zero-order valence-electron chi connectivity index (χ0n) is 34.1. The number of methoxy groups -OCH3 is 1. The summed E-state index contributed by atoms with van der Waals surface area (Å²) in [5.74, 6) is 0.773. The van der Waals surface area contributed by atoms with E-state index in [9.17, 15) is 10.6 Å². The Morgan fingerprint density at radius 2 is 1.06 bits per heavy atom. The average molecular weight is 891 g/mol. The molecule has 4 aliphatic rings. The van der Waals surface area contributed by atoms with Crippen LogP contribution in [0.3, 0.4) is 0 Å². The van der Waals surface area contributed by atoms with Crippen molar-refractivity contribution in [2.75, 3.05) is 20.3 Å². The smallest absolute Gasteiger partial charge is 0.184 e. The van der Waals surface area contributed by atoms with Crippen LogP contribution in [0.5, 0.6) is 5.75 Å². The van der Waals surface area contributed by atoms with E-state index in [0.717, 1.165) is 32.2 Å². The molecule has 5 aromatic carbocycles. The summed E-state index contributed by atoms with van der Waals surface area (Å²) in [6.07, 6.45) is -4.61. The number of ether oxygens (including phenoxy) is 8. The van der Waals surface area contributed by atoms with Crippen LogP contribution in [0.25, 0.3) is 20.9 Å². The van der Waals surface area contributed by atoms with Gasteiger partial charge in [0.25, 0.3) is 0 Å². The molecule has 0 amide bonds. The maximum Gasteiger partial charge on any atom is 0.184 e. The molecule has 9 rings (SSSR count). The number of nitrogens with zero attached hydrogens (tertiary/aromatic N) is 6. The highest BCUT2D eigenvalue weighted by molar-refractivity contribution is 8.00. The Bertz CT molecular complexity index is 2280. The summed E-state index contributed by atoms with van der Waals surface area (Å²) in [7, 11) is 1.63. The summed E-state index contributed by atoms with van der Waals surface area (Å²) < 4.78 is 48.4. The fourth-order valence-electron chi connectivity index (χ4n) is 7.63. The predicted molar refractivity (Wildman–Crippen MR) is 235 cm³/mol. The van der Waals surface area contributed by atoms with Gasteiger partial charge < -0.3 is 43.0 Å². The van der Waals surface area contributed by atoms with Crippen LogP contribution < -0.4 is 4.74 Å². The molecule has 0 spiro atoms. The number of thioether (sulfide) groups is 2. The number of aliphatic hydroxyl groups excluding tert-OH is 1. The highest BCUT2D eigenvalue weighted by Crippen LogP contribution is 2.42. The zero-order valence-corrected chi connectivity index (χ0v) is 35.8. The second-order valence-corrected chi connectivity index (χ2v) is 17.1. The minimum absolute atomic E-state index is 0.288. The van der Waals surface area contributed by atoms with Crippen molar-refractivity contribution < 1.29 is 43.0 Å². The molecule has 0 radical (unpaired) electrons. The van der Waals surface area contributed by atoms with Gasteiger partial charge in [-0.2, -0.15) is 0 Å². The number of benzene rings is 5. The molecule has 12 atom stereocenters. The van der Waals surface area contributed by atoms with E-state index in [1.807, 2.05) is 146 Å². The molecule has 326 valence electrons. The molecular formula is C46H46N6O9S2. The Balaban J connectivity index is 0.000000180. The molecule has 4 saturated heterocycles. The van der Waals surface area contributed by atoms with Crippen molar-refractivity contribution in [3.8, 4) is 5.75 Å². The first-order valence-electron chi connectivity index (χ1n) is 20.4. The van der Waals surface area contributed by atoms with Crippen LogP contribution in [-0.4, -0.2) is 85.0 Å².